The zero-order chi connectivity index (χ0) is 37.2. The lowest BCUT2D eigenvalue weighted by Gasteiger charge is -2.61. The van der Waals surface area contributed by atoms with E-state index < -0.39 is 0 Å². The van der Waals surface area contributed by atoms with Crippen molar-refractivity contribution < 1.29 is 0 Å². The Hall–Kier alpha value is -5.66. The Kier molecular flexibility index (Phi) is 6.93. The number of nitrogens with zero attached hydrogens (tertiary/aromatic N) is 1. The highest BCUT2D eigenvalue weighted by molar-refractivity contribution is 5.91. The minimum absolute atomic E-state index is 0.0344. The van der Waals surface area contributed by atoms with E-state index in [1.807, 2.05) is 0 Å². The predicted octanol–water partition coefficient (Wildman–Crippen LogP) is 14.5. The fourth-order valence-electron chi connectivity index (χ4n) is 12.9. The Balaban J connectivity index is 1.06. The summed E-state index contributed by atoms with van der Waals surface area (Å²) in [4.78, 5) is 2.52. The van der Waals surface area contributed by atoms with Crippen molar-refractivity contribution in [3.63, 3.8) is 0 Å². The molecule has 4 saturated carbocycles. The maximum absolute atomic E-state index is 2.58. The molecule has 0 N–H and O–H groups in total. The Morgan fingerprint density at radius 1 is 0.375 bits per heavy atom. The average molecular weight is 722 g/mol. The van der Waals surface area contributed by atoms with Gasteiger partial charge in [0, 0.05) is 27.9 Å². The molecule has 0 amide bonds. The lowest BCUT2D eigenvalue weighted by molar-refractivity contribution is -0.0399. The van der Waals surface area contributed by atoms with Crippen LogP contribution < -0.4 is 4.90 Å². The molecule has 1 spiro atoms. The molecule has 0 aromatic heterocycles. The van der Waals surface area contributed by atoms with Crippen molar-refractivity contribution in [3.05, 3.63) is 186 Å². The highest BCUT2D eigenvalue weighted by Crippen LogP contribution is 2.70. The third-order valence-corrected chi connectivity index (χ3v) is 15.1. The van der Waals surface area contributed by atoms with E-state index in [1.54, 1.807) is 11.1 Å². The Morgan fingerprint density at radius 2 is 0.821 bits per heavy atom. The summed E-state index contributed by atoms with van der Waals surface area (Å²) < 4.78 is 0. The Bertz CT molecular complexity index is 2640. The van der Waals surface area contributed by atoms with Gasteiger partial charge in [-0.25, -0.2) is 0 Å². The molecule has 0 unspecified atom stereocenters. The van der Waals surface area contributed by atoms with Crippen molar-refractivity contribution in [1.82, 2.24) is 0 Å². The third-order valence-electron chi connectivity index (χ3n) is 15.1. The molecule has 6 aliphatic carbocycles. The molecule has 4 bridgehead atoms. The van der Waals surface area contributed by atoms with Gasteiger partial charge in [-0.2, -0.15) is 0 Å². The summed E-state index contributed by atoms with van der Waals surface area (Å²) in [5.41, 5.74) is 20.4. The van der Waals surface area contributed by atoms with Crippen molar-refractivity contribution in [2.45, 2.75) is 56.8 Å². The van der Waals surface area contributed by atoms with Crippen LogP contribution in [0.3, 0.4) is 0 Å². The first-order chi connectivity index (χ1) is 27.5. The number of rotatable bonds is 5. The van der Waals surface area contributed by atoms with Crippen LogP contribution in [0.25, 0.3) is 44.5 Å². The minimum Gasteiger partial charge on any atom is -0.310 e. The molecule has 4 fully saturated rings. The van der Waals surface area contributed by atoms with E-state index in [1.165, 1.54) is 105 Å². The summed E-state index contributed by atoms with van der Waals surface area (Å²) in [5.74, 6) is 3.30. The molecule has 6 aliphatic rings. The number of hydrogen-bond acceptors (Lipinski definition) is 1. The van der Waals surface area contributed by atoms with Gasteiger partial charge in [-0.3, -0.25) is 0 Å². The number of hydrogen-bond donors (Lipinski definition) is 0. The number of fused-ring (bicyclic) bond motifs is 6. The zero-order valence-corrected chi connectivity index (χ0v) is 32.4. The van der Waals surface area contributed by atoms with E-state index in [9.17, 15) is 0 Å². The van der Waals surface area contributed by atoms with Gasteiger partial charge in [-0.15, -0.1) is 0 Å². The topological polar surface area (TPSA) is 3.24 Å². The smallest absolute Gasteiger partial charge is 0.0468 e. The third kappa shape index (κ3) is 4.55. The molecule has 13 rings (SSSR count). The molecule has 0 heterocycles. The van der Waals surface area contributed by atoms with Gasteiger partial charge in [0.05, 0.1) is 0 Å². The lowest BCUT2D eigenvalue weighted by atomic mass is 9.43. The van der Waals surface area contributed by atoms with Gasteiger partial charge in [0.1, 0.15) is 0 Å². The van der Waals surface area contributed by atoms with Gasteiger partial charge in [-0.05, 0) is 165 Å². The average Bonchev–Trinajstić information content (AvgIpc) is 3.65. The van der Waals surface area contributed by atoms with Crippen LogP contribution in [0.2, 0.25) is 0 Å². The second kappa shape index (κ2) is 11.9. The molecule has 0 aliphatic heterocycles. The van der Waals surface area contributed by atoms with E-state index >= 15 is 0 Å². The molecular weight excluding hydrogens is 675 g/mol. The quantitative estimate of drug-likeness (QED) is 0.171. The summed E-state index contributed by atoms with van der Waals surface area (Å²) in [7, 11) is 0. The molecular formula is C55H47N. The molecule has 7 aromatic carbocycles. The van der Waals surface area contributed by atoms with Crippen LogP contribution in [0.5, 0.6) is 0 Å². The van der Waals surface area contributed by atoms with Crippen LogP contribution in [-0.4, -0.2) is 0 Å². The zero-order valence-electron chi connectivity index (χ0n) is 32.4. The van der Waals surface area contributed by atoms with Crippen LogP contribution in [-0.2, 0) is 10.8 Å². The van der Waals surface area contributed by atoms with Crippen molar-refractivity contribution in [2.75, 3.05) is 4.90 Å². The van der Waals surface area contributed by atoms with Gasteiger partial charge in [-0.1, -0.05) is 135 Å². The molecule has 1 nitrogen and oxygen atoms in total. The van der Waals surface area contributed by atoms with Crippen LogP contribution in [0.1, 0.15) is 68.2 Å². The Labute approximate surface area is 331 Å². The van der Waals surface area contributed by atoms with Crippen LogP contribution in [0.15, 0.2) is 164 Å². The predicted molar refractivity (Wildman–Crippen MR) is 233 cm³/mol. The van der Waals surface area contributed by atoms with Gasteiger partial charge < -0.3 is 4.90 Å². The maximum Gasteiger partial charge on any atom is 0.0468 e. The molecule has 0 atom stereocenters. The summed E-state index contributed by atoms with van der Waals surface area (Å²) >= 11 is 0. The molecule has 7 aromatic rings. The summed E-state index contributed by atoms with van der Waals surface area (Å²) in [6, 6.07) is 62.3. The monoisotopic (exact) mass is 721 g/mol. The van der Waals surface area contributed by atoms with Crippen molar-refractivity contribution in [2.24, 2.45) is 23.7 Å². The normalized spacial score (nSPS) is 24.1. The van der Waals surface area contributed by atoms with E-state index in [0.29, 0.717) is 0 Å². The summed E-state index contributed by atoms with van der Waals surface area (Å²) in [5, 5.41) is 0. The van der Waals surface area contributed by atoms with Crippen LogP contribution in [0.4, 0.5) is 17.1 Å². The van der Waals surface area contributed by atoms with Gasteiger partial charge in [0.2, 0.25) is 0 Å². The highest BCUT2D eigenvalue weighted by atomic mass is 15.1. The molecule has 1 heteroatoms. The van der Waals surface area contributed by atoms with E-state index in [-0.39, 0.29) is 10.8 Å². The first kappa shape index (κ1) is 32.6. The van der Waals surface area contributed by atoms with E-state index in [2.05, 4.69) is 183 Å². The second-order valence-corrected chi connectivity index (χ2v) is 18.2. The lowest BCUT2D eigenvalue weighted by Crippen LogP contribution is -2.55. The van der Waals surface area contributed by atoms with Gasteiger partial charge in [0.25, 0.3) is 0 Å². The summed E-state index contributed by atoms with van der Waals surface area (Å²) in [6.07, 6.45) is 7.03. The van der Waals surface area contributed by atoms with Gasteiger partial charge >= 0.3 is 0 Å². The van der Waals surface area contributed by atoms with Crippen molar-refractivity contribution in [1.29, 1.82) is 0 Å². The second-order valence-electron chi connectivity index (χ2n) is 18.2. The number of anilines is 3. The minimum atomic E-state index is -0.0344. The Morgan fingerprint density at radius 3 is 1.46 bits per heavy atom. The van der Waals surface area contributed by atoms with Crippen molar-refractivity contribution in [3.8, 4) is 44.5 Å². The fraction of sp³-hybridized carbons (Fsp3) is 0.236. The first-order valence-electron chi connectivity index (χ1n) is 21.0. The van der Waals surface area contributed by atoms with Crippen LogP contribution in [0, 0.1) is 23.7 Å². The maximum atomic E-state index is 2.58. The number of benzene rings is 7. The van der Waals surface area contributed by atoms with Gasteiger partial charge in [0.15, 0.2) is 0 Å². The van der Waals surface area contributed by atoms with E-state index in [4.69, 9.17) is 0 Å². The highest BCUT2D eigenvalue weighted by Gasteiger charge is 2.61. The largest absolute Gasteiger partial charge is 0.310 e. The standard InChI is InChI=1S/C55H47N/c1-54(2)50-16-10-9-15-46(50)48-33-44(22-25-51(48)54)56(43-20-17-39(18-21-43)37-11-5-3-6-12-37)45-23-26-53-49(34-45)47-32-40(38-13-7-4-8-14-38)19-24-52(47)55(53)41-28-35-27-36(30-41)31-42(55)29-35/h3-26,32-36,41-42H,27-31H2,1-2H3. The van der Waals surface area contributed by atoms with Crippen molar-refractivity contribution >= 4 is 17.1 Å². The molecule has 0 saturated heterocycles. The SMILES string of the molecule is CC1(C)c2ccccc2-c2cc(N(c3ccc(-c4ccccc4)cc3)c3ccc4c(c3)-c3cc(-c5ccccc5)ccc3C43C4CC5CC(C4)CC3C5)ccc21. The molecule has 0 radical (unpaired) electrons. The molecule has 56 heavy (non-hydrogen) atoms. The summed E-state index contributed by atoms with van der Waals surface area (Å²) in [6.45, 7) is 4.75. The fourth-order valence-corrected chi connectivity index (χ4v) is 12.9. The van der Waals surface area contributed by atoms with Crippen LogP contribution >= 0.6 is 0 Å². The molecule has 272 valence electrons. The first-order valence-corrected chi connectivity index (χ1v) is 21.0. The van der Waals surface area contributed by atoms with E-state index in [0.717, 1.165) is 23.7 Å².